The second-order valence-corrected chi connectivity index (χ2v) is 8.17. The molecule has 1 amide bonds. The van der Waals surface area contributed by atoms with Gasteiger partial charge in [-0.2, -0.15) is 5.10 Å². The number of aryl methyl sites for hydroxylation is 1. The number of rotatable bonds is 3. The van der Waals surface area contributed by atoms with Crippen molar-refractivity contribution in [3.05, 3.63) is 45.2 Å². The minimum Gasteiger partial charge on any atom is -0.347 e. The zero-order valence-corrected chi connectivity index (χ0v) is 17.5. The normalized spacial score (nSPS) is 18.8. The van der Waals surface area contributed by atoms with Gasteiger partial charge in [-0.3, -0.25) is 4.79 Å². The Balaban J connectivity index is 1.49. The summed E-state index contributed by atoms with van der Waals surface area (Å²) in [4.78, 5) is 14.8. The van der Waals surface area contributed by atoms with Crippen LogP contribution in [0.15, 0.2) is 18.2 Å². The zero-order chi connectivity index (χ0) is 19.9. The Hall–Kier alpha value is -1.60. The molecule has 0 atom stereocenters. The second kappa shape index (κ2) is 7.67. The zero-order valence-electron chi connectivity index (χ0n) is 16.0. The molecule has 2 aliphatic rings. The number of halogens is 2. The van der Waals surface area contributed by atoms with Crippen molar-refractivity contribution in [1.82, 2.24) is 14.7 Å². The number of aromatic nitrogens is 2. The third kappa shape index (κ3) is 3.66. The van der Waals surface area contributed by atoms with Crippen LogP contribution in [-0.4, -0.2) is 52.7 Å². The molecule has 2 aliphatic heterocycles. The summed E-state index contributed by atoms with van der Waals surface area (Å²) >= 11 is 12.3. The Kier molecular flexibility index (Phi) is 5.40. The molecule has 150 valence electrons. The predicted octanol–water partition coefficient (Wildman–Crippen LogP) is 3.70. The number of piperidine rings is 1. The van der Waals surface area contributed by atoms with Crippen molar-refractivity contribution in [2.24, 2.45) is 0 Å². The molecule has 1 aromatic carbocycles. The molecular formula is C20H23Cl2N3O3. The molecule has 8 heteroatoms. The third-order valence-corrected chi connectivity index (χ3v) is 6.14. The number of carbonyl (C=O) groups excluding carboxylic acids is 1. The molecule has 0 aliphatic carbocycles. The van der Waals surface area contributed by atoms with Gasteiger partial charge in [0.15, 0.2) is 5.79 Å². The van der Waals surface area contributed by atoms with Crippen molar-refractivity contribution in [2.75, 3.05) is 26.3 Å². The Bertz CT molecular complexity index is 896. The van der Waals surface area contributed by atoms with Gasteiger partial charge in [0, 0.05) is 42.2 Å². The van der Waals surface area contributed by atoms with Crippen LogP contribution in [-0.2, 0) is 20.7 Å². The van der Waals surface area contributed by atoms with Crippen molar-refractivity contribution < 1.29 is 14.3 Å². The number of hydrogen-bond acceptors (Lipinski definition) is 4. The number of nitrogens with zero attached hydrogens (tertiary/aromatic N) is 3. The first-order valence-electron chi connectivity index (χ1n) is 9.45. The minimum absolute atomic E-state index is 0.0980. The maximum absolute atomic E-state index is 12.9. The van der Waals surface area contributed by atoms with Crippen molar-refractivity contribution in [3.63, 3.8) is 0 Å². The molecule has 4 rings (SSSR count). The van der Waals surface area contributed by atoms with Crippen molar-refractivity contribution in [1.29, 1.82) is 0 Å². The third-order valence-electron chi connectivity index (χ3n) is 5.60. The Morgan fingerprint density at radius 1 is 1.18 bits per heavy atom. The van der Waals surface area contributed by atoms with E-state index in [1.54, 1.807) is 16.8 Å². The molecule has 2 fully saturated rings. The molecular weight excluding hydrogens is 401 g/mol. The summed E-state index contributed by atoms with van der Waals surface area (Å²) in [5, 5.41) is 5.70. The van der Waals surface area contributed by atoms with Crippen LogP contribution in [0.25, 0.3) is 5.69 Å². The Morgan fingerprint density at radius 3 is 2.50 bits per heavy atom. The highest BCUT2D eigenvalue weighted by atomic mass is 35.5. The first kappa shape index (κ1) is 19.7. The van der Waals surface area contributed by atoms with Crippen LogP contribution in [0, 0.1) is 13.8 Å². The molecule has 0 N–H and O–H groups in total. The van der Waals surface area contributed by atoms with Crippen LogP contribution in [0.1, 0.15) is 29.8 Å². The molecule has 0 unspecified atom stereocenters. The van der Waals surface area contributed by atoms with E-state index in [0.717, 1.165) is 35.5 Å². The summed E-state index contributed by atoms with van der Waals surface area (Å²) in [6.45, 7) is 6.44. The topological polar surface area (TPSA) is 56.6 Å². The van der Waals surface area contributed by atoms with E-state index >= 15 is 0 Å². The monoisotopic (exact) mass is 423 g/mol. The van der Waals surface area contributed by atoms with E-state index < -0.39 is 5.79 Å². The van der Waals surface area contributed by atoms with E-state index in [2.05, 4.69) is 5.10 Å². The molecule has 28 heavy (non-hydrogen) atoms. The summed E-state index contributed by atoms with van der Waals surface area (Å²) in [5.41, 5.74) is 3.42. The van der Waals surface area contributed by atoms with Gasteiger partial charge in [-0.1, -0.05) is 23.2 Å². The van der Waals surface area contributed by atoms with Crippen molar-refractivity contribution >= 4 is 29.1 Å². The van der Waals surface area contributed by atoms with Crippen LogP contribution in [0.3, 0.4) is 0 Å². The highest BCUT2D eigenvalue weighted by Gasteiger charge is 2.40. The first-order chi connectivity index (χ1) is 13.4. The van der Waals surface area contributed by atoms with Gasteiger partial charge in [0.2, 0.25) is 5.91 Å². The predicted molar refractivity (Wildman–Crippen MR) is 107 cm³/mol. The molecule has 1 spiro atoms. The fourth-order valence-corrected chi connectivity index (χ4v) is 4.45. The summed E-state index contributed by atoms with van der Waals surface area (Å²) in [5.74, 6) is -0.375. The summed E-state index contributed by atoms with van der Waals surface area (Å²) in [6.07, 6.45) is 1.75. The van der Waals surface area contributed by atoms with Gasteiger partial charge in [-0.05, 0) is 32.0 Å². The lowest BCUT2D eigenvalue weighted by atomic mass is 10.0. The summed E-state index contributed by atoms with van der Waals surface area (Å²) in [6, 6.07) is 5.30. The highest BCUT2D eigenvalue weighted by Crippen LogP contribution is 2.32. The van der Waals surface area contributed by atoms with Crippen molar-refractivity contribution in [2.45, 2.75) is 38.9 Å². The molecule has 6 nitrogen and oxygen atoms in total. The smallest absolute Gasteiger partial charge is 0.227 e. The lowest BCUT2D eigenvalue weighted by Gasteiger charge is -2.37. The van der Waals surface area contributed by atoms with Gasteiger partial charge >= 0.3 is 0 Å². The van der Waals surface area contributed by atoms with Gasteiger partial charge in [0.25, 0.3) is 0 Å². The van der Waals surface area contributed by atoms with Crippen molar-refractivity contribution in [3.8, 4) is 5.69 Å². The second-order valence-electron chi connectivity index (χ2n) is 7.32. The van der Waals surface area contributed by atoms with E-state index in [9.17, 15) is 4.79 Å². The maximum Gasteiger partial charge on any atom is 0.227 e. The number of likely N-dealkylation sites (tertiary alicyclic amines) is 1. The van der Waals surface area contributed by atoms with Gasteiger partial charge in [-0.15, -0.1) is 0 Å². The fraction of sp³-hybridized carbons (Fsp3) is 0.500. The van der Waals surface area contributed by atoms with Crippen LogP contribution in [0.2, 0.25) is 10.0 Å². The van der Waals surface area contributed by atoms with E-state index in [1.165, 1.54) is 0 Å². The van der Waals surface area contributed by atoms with Crippen LogP contribution in [0.4, 0.5) is 0 Å². The number of benzene rings is 1. The van der Waals surface area contributed by atoms with E-state index in [-0.39, 0.29) is 5.91 Å². The molecule has 0 bridgehead atoms. The van der Waals surface area contributed by atoms with Crippen LogP contribution < -0.4 is 0 Å². The van der Waals surface area contributed by atoms with E-state index in [0.29, 0.717) is 42.8 Å². The fourth-order valence-electron chi connectivity index (χ4n) is 3.96. The molecule has 3 heterocycles. The van der Waals surface area contributed by atoms with Gasteiger partial charge in [0.05, 0.1) is 36.0 Å². The lowest BCUT2D eigenvalue weighted by Crippen LogP contribution is -2.47. The SMILES string of the molecule is Cc1nn(-c2ccc(Cl)cc2Cl)c(C)c1CC(=O)N1CCC2(CC1)OCCO2. The molecule has 2 aromatic rings. The first-order valence-corrected chi connectivity index (χ1v) is 10.2. The Labute approximate surface area is 174 Å². The highest BCUT2D eigenvalue weighted by molar-refractivity contribution is 6.35. The molecule has 0 radical (unpaired) electrons. The molecule has 1 aromatic heterocycles. The van der Waals surface area contributed by atoms with Gasteiger partial charge < -0.3 is 14.4 Å². The van der Waals surface area contributed by atoms with Gasteiger partial charge in [0.1, 0.15) is 0 Å². The number of hydrogen-bond donors (Lipinski definition) is 0. The summed E-state index contributed by atoms with van der Waals surface area (Å²) < 4.78 is 13.3. The summed E-state index contributed by atoms with van der Waals surface area (Å²) in [7, 11) is 0. The number of amides is 1. The average Bonchev–Trinajstić information content (AvgIpc) is 3.22. The molecule has 0 saturated carbocycles. The van der Waals surface area contributed by atoms with Gasteiger partial charge in [-0.25, -0.2) is 4.68 Å². The number of carbonyl (C=O) groups is 1. The average molecular weight is 424 g/mol. The maximum atomic E-state index is 12.9. The van der Waals surface area contributed by atoms with Crippen LogP contribution in [0.5, 0.6) is 0 Å². The Morgan fingerprint density at radius 2 is 1.86 bits per heavy atom. The molecule has 2 saturated heterocycles. The minimum atomic E-state index is -0.473. The van der Waals surface area contributed by atoms with Crippen LogP contribution >= 0.6 is 23.2 Å². The number of ether oxygens (including phenoxy) is 2. The quantitative estimate of drug-likeness (QED) is 0.754. The lowest BCUT2D eigenvalue weighted by molar-refractivity contribution is -0.187. The van der Waals surface area contributed by atoms with E-state index in [4.69, 9.17) is 32.7 Å². The van der Waals surface area contributed by atoms with E-state index in [1.807, 2.05) is 24.8 Å². The largest absolute Gasteiger partial charge is 0.347 e. The standard InChI is InChI=1S/C20H23Cl2N3O3/c1-13-16(14(2)25(23-13)18-4-3-15(21)11-17(18)22)12-19(26)24-7-5-20(6-8-24)27-9-10-28-20/h3-4,11H,5-10,12H2,1-2H3.